The van der Waals surface area contributed by atoms with Gasteiger partial charge in [-0.25, -0.2) is 4.79 Å². The molecule has 2 amide bonds. The van der Waals surface area contributed by atoms with Crippen LogP contribution in [-0.4, -0.2) is 36.8 Å². The molecule has 0 fully saturated rings. The first-order valence-electron chi connectivity index (χ1n) is 6.54. The van der Waals surface area contributed by atoms with E-state index >= 15 is 0 Å². The summed E-state index contributed by atoms with van der Waals surface area (Å²) in [5.41, 5.74) is 1.56. The predicted molar refractivity (Wildman–Crippen MR) is 78.5 cm³/mol. The van der Waals surface area contributed by atoms with E-state index in [2.05, 4.69) is 15.4 Å². The van der Waals surface area contributed by atoms with Crippen LogP contribution < -0.4 is 10.6 Å². The predicted octanol–water partition coefficient (Wildman–Crippen LogP) is 1.56. The van der Waals surface area contributed by atoms with E-state index in [0.29, 0.717) is 18.7 Å². The maximum Gasteiger partial charge on any atom is 0.406 e. The van der Waals surface area contributed by atoms with E-state index < -0.39 is 6.09 Å². The maximum atomic E-state index is 11.9. The topological polar surface area (TPSA) is 72.4 Å². The molecule has 0 saturated heterocycles. The molecule has 1 aromatic heterocycles. The fraction of sp³-hybridized carbons (Fsp3) is 0.200. The van der Waals surface area contributed by atoms with Gasteiger partial charge in [-0.3, -0.25) is 4.79 Å². The zero-order valence-electron chi connectivity index (χ0n) is 11.7. The molecular weight excluding hydrogens is 270 g/mol. The Labute approximate surface area is 122 Å². The van der Waals surface area contributed by atoms with Crippen LogP contribution in [0.15, 0.2) is 48.8 Å². The second kappa shape index (κ2) is 7.14. The first-order valence-corrected chi connectivity index (χ1v) is 6.54. The van der Waals surface area contributed by atoms with Gasteiger partial charge < -0.3 is 19.9 Å². The Hall–Kier alpha value is -2.76. The van der Waals surface area contributed by atoms with E-state index in [9.17, 15) is 9.59 Å². The third kappa shape index (κ3) is 4.10. The SMILES string of the molecule is COC(=O)NCCNC(=O)c1ccc(-n2cccc2)cc1. The van der Waals surface area contributed by atoms with Crippen molar-refractivity contribution < 1.29 is 14.3 Å². The molecule has 0 aliphatic carbocycles. The van der Waals surface area contributed by atoms with Gasteiger partial charge in [0, 0.05) is 36.7 Å². The number of amides is 2. The number of ether oxygens (including phenoxy) is 1. The van der Waals surface area contributed by atoms with Gasteiger partial charge in [0.1, 0.15) is 0 Å². The van der Waals surface area contributed by atoms with Crippen molar-refractivity contribution in [1.29, 1.82) is 0 Å². The molecule has 0 bridgehead atoms. The van der Waals surface area contributed by atoms with Crippen LogP contribution in [0.1, 0.15) is 10.4 Å². The summed E-state index contributed by atoms with van der Waals surface area (Å²) in [6, 6.07) is 11.2. The van der Waals surface area contributed by atoms with Gasteiger partial charge in [-0.2, -0.15) is 0 Å². The van der Waals surface area contributed by atoms with Crippen LogP contribution >= 0.6 is 0 Å². The molecule has 0 radical (unpaired) electrons. The second-order valence-corrected chi connectivity index (χ2v) is 4.31. The van der Waals surface area contributed by atoms with Gasteiger partial charge in [-0.15, -0.1) is 0 Å². The van der Waals surface area contributed by atoms with Gasteiger partial charge in [-0.05, 0) is 36.4 Å². The highest BCUT2D eigenvalue weighted by Crippen LogP contribution is 2.09. The van der Waals surface area contributed by atoms with Gasteiger partial charge in [0.25, 0.3) is 5.91 Å². The van der Waals surface area contributed by atoms with Gasteiger partial charge in [-0.1, -0.05) is 0 Å². The minimum atomic E-state index is -0.514. The van der Waals surface area contributed by atoms with Crippen LogP contribution in [0.25, 0.3) is 5.69 Å². The average Bonchev–Trinajstić information content (AvgIpc) is 3.05. The standard InChI is InChI=1S/C15H17N3O3/c1-21-15(20)17-9-8-16-14(19)12-4-6-13(7-5-12)18-10-2-3-11-18/h2-7,10-11H,8-9H2,1H3,(H,16,19)(H,17,20). The number of benzene rings is 1. The number of methoxy groups -OCH3 is 1. The minimum absolute atomic E-state index is 0.180. The van der Waals surface area contributed by atoms with Crippen molar-refractivity contribution in [2.75, 3.05) is 20.2 Å². The number of nitrogens with zero attached hydrogens (tertiary/aromatic N) is 1. The van der Waals surface area contributed by atoms with E-state index in [1.165, 1.54) is 7.11 Å². The summed E-state index contributed by atoms with van der Waals surface area (Å²) in [7, 11) is 1.29. The normalized spacial score (nSPS) is 9.95. The van der Waals surface area contributed by atoms with Crippen LogP contribution in [0.3, 0.4) is 0 Å². The molecule has 21 heavy (non-hydrogen) atoms. The molecule has 2 rings (SSSR count). The lowest BCUT2D eigenvalue weighted by Gasteiger charge is -2.07. The van der Waals surface area contributed by atoms with E-state index in [0.717, 1.165) is 5.69 Å². The monoisotopic (exact) mass is 287 g/mol. The van der Waals surface area contributed by atoms with Crippen molar-refractivity contribution in [2.24, 2.45) is 0 Å². The fourth-order valence-electron chi connectivity index (χ4n) is 1.81. The number of hydrogen-bond donors (Lipinski definition) is 2. The number of alkyl carbamates (subject to hydrolysis) is 1. The lowest BCUT2D eigenvalue weighted by atomic mass is 10.2. The largest absolute Gasteiger partial charge is 0.453 e. The number of aromatic nitrogens is 1. The molecule has 6 nitrogen and oxygen atoms in total. The van der Waals surface area contributed by atoms with Crippen LogP contribution in [0.4, 0.5) is 4.79 Å². The molecule has 0 unspecified atom stereocenters. The van der Waals surface area contributed by atoms with Crippen LogP contribution in [0.2, 0.25) is 0 Å². The number of carbonyl (C=O) groups is 2. The number of carbonyl (C=O) groups excluding carboxylic acids is 2. The van der Waals surface area contributed by atoms with Gasteiger partial charge in [0.2, 0.25) is 0 Å². The zero-order chi connectivity index (χ0) is 15.1. The Bertz CT molecular complexity index is 591. The quantitative estimate of drug-likeness (QED) is 0.820. The molecule has 0 atom stereocenters. The van der Waals surface area contributed by atoms with Gasteiger partial charge >= 0.3 is 6.09 Å². The van der Waals surface area contributed by atoms with Crippen LogP contribution in [0, 0.1) is 0 Å². The van der Waals surface area contributed by atoms with Crippen molar-refractivity contribution in [3.05, 3.63) is 54.4 Å². The lowest BCUT2D eigenvalue weighted by molar-refractivity contribution is 0.0953. The molecule has 0 saturated carbocycles. The molecule has 0 spiro atoms. The molecule has 0 aliphatic rings. The Kier molecular flexibility index (Phi) is 4.98. The highest BCUT2D eigenvalue weighted by Gasteiger charge is 2.05. The molecule has 6 heteroatoms. The van der Waals surface area contributed by atoms with E-state index in [1.807, 2.05) is 41.2 Å². The Morgan fingerprint density at radius 3 is 2.29 bits per heavy atom. The van der Waals surface area contributed by atoms with Crippen LogP contribution in [-0.2, 0) is 4.74 Å². The smallest absolute Gasteiger partial charge is 0.406 e. The first kappa shape index (κ1) is 14.6. The minimum Gasteiger partial charge on any atom is -0.453 e. The third-order valence-corrected chi connectivity index (χ3v) is 2.90. The van der Waals surface area contributed by atoms with Crippen molar-refractivity contribution >= 4 is 12.0 Å². The van der Waals surface area contributed by atoms with Gasteiger partial charge in [0.05, 0.1) is 7.11 Å². The third-order valence-electron chi connectivity index (χ3n) is 2.90. The molecular formula is C15H17N3O3. The van der Waals surface area contributed by atoms with Gasteiger partial charge in [0.15, 0.2) is 0 Å². The van der Waals surface area contributed by atoms with E-state index in [-0.39, 0.29) is 5.91 Å². The molecule has 0 aliphatic heterocycles. The lowest BCUT2D eigenvalue weighted by Crippen LogP contribution is -2.34. The van der Waals surface area contributed by atoms with Crippen molar-refractivity contribution in [3.8, 4) is 5.69 Å². The summed E-state index contributed by atoms with van der Waals surface area (Å²) in [4.78, 5) is 22.7. The fourth-order valence-corrected chi connectivity index (χ4v) is 1.81. The number of rotatable bonds is 5. The number of hydrogen-bond acceptors (Lipinski definition) is 3. The molecule has 1 heterocycles. The summed E-state index contributed by atoms with van der Waals surface area (Å²) < 4.78 is 6.39. The first-order chi connectivity index (χ1) is 10.2. The summed E-state index contributed by atoms with van der Waals surface area (Å²) >= 11 is 0. The molecule has 110 valence electrons. The number of nitrogens with one attached hydrogen (secondary N) is 2. The molecule has 2 N–H and O–H groups in total. The van der Waals surface area contributed by atoms with E-state index in [1.54, 1.807) is 12.1 Å². The summed E-state index contributed by atoms with van der Waals surface area (Å²) in [5, 5.41) is 5.20. The Morgan fingerprint density at radius 2 is 1.67 bits per heavy atom. The Balaban J connectivity index is 1.84. The summed E-state index contributed by atoms with van der Waals surface area (Å²) in [6.07, 6.45) is 3.36. The molecule has 2 aromatic rings. The summed E-state index contributed by atoms with van der Waals surface area (Å²) in [6.45, 7) is 0.660. The van der Waals surface area contributed by atoms with E-state index in [4.69, 9.17) is 0 Å². The molecule has 1 aromatic carbocycles. The summed E-state index contributed by atoms with van der Waals surface area (Å²) in [5.74, 6) is -0.180. The average molecular weight is 287 g/mol. The highest BCUT2D eigenvalue weighted by molar-refractivity contribution is 5.94. The van der Waals surface area contributed by atoms with Crippen molar-refractivity contribution in [2.45, 2.75) is 0 Å². The van der Waals surface area contributed by atoms with Crippen LogP contribution in [0.5, 0.6) is 0 Å². The Morgan fingerprint density at radius 1 is 1.05 bits per heavy atom. The van der Waals surface area contributed by atoms with Crippen molar-refractivity contribution in [1.82, 2.24) is 15.2 Å². The van der Waals surface area contributed by atoms with Crippen molar-refractivity contribution in [3.63, 3.8) is 0 Å². The maximum absolute atomic E-state index is 11.9. The second-order valence-electron chi connectivity index (χ2n) is 4.31. The zero-order valence-corrected chi connectivity index (χ0v) is 11.7. The highest BCUT2D eigenvalue weighted by atomic mass is 16.5.